The Morgan fingerprint density at radius 3 is 2.12 bits per heavy atom. The van der Waals surface area contributed by atoms with E-state index in [0.717, 1.165) is 12.1 Å². The van der Waals surface area contributed by atoms with Crippen molar-refractivity contribution in [3.63, 3.8) is 0 Å². The van der Waals surface area contributed by atoms with Crippen LogP contribution >= 0.6 is 0 Å². The molecule has 0 aliphatic heterocycles. The summed E-state index contributed by atoms with van der Waals surface area (Å²) in [6.45, 7) is -3.43. The summed E-state index contributed by atoms with van der Waals surface area (Å²) in [4.78, 5) is 0. The lowest BCUT2D eigenvalue weighted by Crippen LogP contribution is -2.06. The SMILES string of the molecule is COc1ccc(-c2cc(F)c3c(F)c(OC(F)F)c(F)cc3c2)cc1. The Morgan fingerprint density at radius 2 is 1.52 bits per heavy atom. The number of benzene rings is 3. The summed E-state index contributed by atoms with van der Waals surface area (Å²) in [5.74, 6) is -4.57. The number of alkyl halides is 2. The van der Waals surface area contributed by atoms with Crippen molar-refractivity contribution in [2.24, 2.45) is 0 Å². The van der Waals surface area contributed by atoms with E-state index in [2.05, 4.69) is 4.74 Å². The fourth-order valence-electron chi connectivity index (χ4n) is 2.54. The zero-order valence-electron chi connectivity index (χ0n) is 12.8. The summed E-state index contributed by atoms with van der Waals surface area (Å²) in [7, 11) is 1.50. The minimum atomic E-state index is -3.43. The molecule has 0 aromatic heterocycles. The van der Waals surface area contributed by atoms with Crippen LogP contribution in [0.25, 0.3) is 21.9 Å². The summed E-state index contributed by atoms with van der Waals surface area (Å²) in [5.41, 5.74) is 0.962. The van der Waals surface area contributed by atoms with Gasteiger partial charge in [0.15, 0.2) is 17.4 Å². The molecule has 0 aliphatic carbocycles. The largest absolute Gasteiger partial charge is 0.497 e. The Labute approximate surface area is 139 Å². The molecule has 0 amide bonds. The highest BCUT2D eigenvalue weighted by atomic mass is 19.3. The number of fused-ring (bicyclic) bond motifs is 1. The molecule has 3 rings (SSSR count). The predicted octanol–water partition coefficient (Wildman–Crippen LogP) is 5.53. The minimum absolute atomic E-state index is 0.109. The van der Waals surface area contributed by atoms with E-state index in [-0.39, 0.29) is 5.39 Å². The second-order valence-electron chi connectivity index (χ2n) is 5.16. The van der Waals surface area contributed by atoms with Gasteiger partial charge in [0.25, 0.3) is 0 Å². The summed E-state index contributed by atoms with van der Waals surface area (Å²) < 4.78 is 75.8. The summed E-state index contributed by atoms with van der Waals surface area (Å²) in [6, 6.07) is 9.76. The molecule has 0 spiro atoms. The average molecular weight is 354 g/mol. The van der Waals surface area contributed by atoms with Crippen LogP contribution in [0.4, 0.5) is 22.0 Å². The molecule has 0 heterocycles. The van der Waals surface area contributed by atoms with Crippen molar-refractivity contribution in [2.75, 3.05) is 7.11 Å². The van der Waals surface area contributed by atoms with Crippen molar-refractivity contribution in [2.45, 2.75) is 6.61 Å². The van der Waals surface area contributed by atoms with Crippen LogP contribution in [0.3, 0.4) is 0 Å². The smallest absolute Gasteiger partial charge is 0.387 e. The molecule has 0 N–H and O–H groups in total. The molecule has 7 heteroatoms. The summed E-state index contributed by atoms with van der Waals surface area (Å²) in [5, 5.41) is -0.725. The third-order valence-electron chi connectivity index (χ3n) is 3.67. The van der Waals surface area contributed by atoms with Crippen LogP contribution in [0.5, 0.6) is 11.5 Å². The van der Waals surface area contributed by atoms with E-state index < -0.39 is 35.2 Å². The number of ether oxygens (including phenoxy) is 2. The van der Waals surface area contributed by atoms with Crippen LogP contribution in [0.15, 0.2) is 42.5 Å². The third kappa shape index (κ3) is 3.22. The number of methoxy groups -OCH3 is 1. The van der Waals surface area contributed by atoms with Crippen LogP contribution in [0.2, 0.25) is 0 Å². The van der Waals surface area contributed by atoms with E-state index in [1.54, 1.807) is 24.3 Å². The first kappa shape index (κ1) is 17.0. The molecule has 0 radical (unpaired) electrons. The highest BCUT2D eigenvalue weighted by Crippen LogP contribution is 2.35. The first-order valence-electron chi connectivity index (χ1n) is 7.11. The zero-order valence-corrected chi connectivity index (χ0v) is 12.8. The van der Waals surface area contributed by atoms with Gasteiger partial charge in [-0.1, -0.05) is 12.1 Å². The summed E-state index contributed by atoms with van der Waals surface area (Å²) in [6.07, 6.45) is 0. The van der Waals surface area contributed by atoms with E-state index in [0.29, 0.717) is 16.9 Å². The highest BCUT2D eigenvalue weighted by Gasteiger charge is 2.21. The lowest BCUT2D eigenvalue weighted by molar-refractivity contribution is -0.0544. The first-order chi connectivity index (χ1) is 11.9. The molecular formula is C18H11F5O2. The molecule has 0 saturated heterocycles. The van der Waals surface area contributed by atoms with Gasteiger partial charge in [-0.05, 0) is 46.8 Å². The number of halogens is 5. The monoisotopic (exact) mass is 354 g/mol. The Bertz CT molecular complexity index is 923. The normalized spacial score (nSPS) is 11.2. The van der Waals surface area contributed by atoms with Gasteiger partial charge in [-0.15, -0.1) is 0 Å². The lowest BCUT2D eigenvalue weighted by Gasteiger charge is -2.12. The van der Waals surface area contributed by atoms with Crippen LogP contribution in [0, 0.1) is 17.5 Å². The van der Waals surface area contributed by atoms with Gasteiger partial charge in [-0.3, -0.25) is 0 Å². The van der Waals surface area contributed by atoms with Crippen molar-refractivity contribution >= 4 is 10.8 Å². The van der Waals surface area contributed by atoms with Gasteiger partial charge in [0.05, 0.1) is 12.5 Å². The highest BCUT2D eigenvalue weighted by molar-refractivity contribution is 5.89. The van der Waals surface area contributed by atoms with Gasteiger partial charge >= 0.3 is 6.61 Å². The molecule has 130 valence electrons. The fraction of sp³-hybridized carbons (Fsp3) is 0.111. The van der Waals surface area contributed by atoms with Gasteiger partial charge in [0.1, 0.15) is 11.6 Å². The number of hydrogen-bond donors (Lipinski definition) is 0. The van der Waals surface area contributed by atoms with Crippen molar-refractivity contribution in [1.82, 2.24) is 0 Å². The van der Waals surface area contributed by atoms with Gasteiger partial charge in [0.2, 0.25) is 0 Å². The molecule has 25 heavy (non-hydrogen) atoms. The van der Waals surface area contributed by atoms with Gasteiger partial charge in [0, 0.05) is 0 Å². The minimum Gasteiger partial charge on any atom is -0.497 e. The van der Waals surface area contributed by atoms with E-state index >= 15 is 0 Å². The average Bonchev–Trinajstić information content (AvgIpc) is 2.57. The van der Waals surface area contributed by atoms with Crippen LogP contribution in [-0.4, -0.2) is 13.7 Å². The second-order valence-corrected chi connectivity index (χ2v) is 5.16. The molecule has 3 aromatic rings. The Hall–Kier alpha value is -2.83. The molecule has 0 aliphatic rings. The second kappa shape index (κ2) is 6.58. The lowest BCUT2D eigenvalue weighted by atomic mass is 10.00. The first-order valence-corrected chi connectivity index (χ1v) is 7.11. The molecule has 0 bridgehead atoms. The Balaban J connectivity index is 2.16. The quantitative estimate of drug-likeness (QED) is 0.573. The number of hydrogen-bond acceptors (Lipinski definition) is 2. The Morgan fingerprint density at radius 1 is 0.840 bits per heavy atom. The van der Waals surface area contributed by atoms with E-state index in [9.17, 15) is 22.0 Å². The van der Waals surface area contributed by atoms with E-state index in [1.165, 1.54) is 13.2 Å². The topological polar surface area (TPSA) is 18.5 Å². The van der Waals surface area contributed by atoms with Gasteiger partial charge < -0.3 is 9.47 Å². The zero-order chi connectivity index (χ0) is 18.1. The van der Waals surface area contributed by atoms with Crippen molar-refractivity contribution < 1.29 is 31.4 Å². The molecule has 0 fully saturated rings. The molecular weight excluding hydrogens is 343 g/mol. The number of rotatable bonds is 4. The predicted molar refractivity (Wildman–Crippen MR) is 82.4 cm³/mol. The van der Waals surface area contributed by atoms with Gasteiger partial charge in [-0.2, -0.15) is 8.78 Å². The van der Waals surface area contributed by atoms with Crippen molar-refractivity contribution in [1.29, 1.82) is 0 Å². The molecule has 3 aromatic carbocycles. The van der Waals surface area contributed by atoms with Crippen LogP contribution < -0.4 is 9.47 Å². The van der Waals surface area contributed by atoms with Gasteiger partial charge in [-0.25, -0.2) is 13.2 Å². The molecule has 2 nitrogen and oxygen atoms in total. The molecule has 0 saturated carbocycles. The maximum atomic E-state index is 14.4. The van der Waals surface area contributed by atoms with Crippen molar-refractivity contribution in [3.8, 4) is 22.6 Å². The third-order valence-corrected chi connectivity index (χ3v) is 3.67. The maximum absolute atomic E-state index is 14.4. The molecule has 0 unspecified atom stereocenters. The van der Waals surface area contributed by atoms with Crippen molar-refractivity contribution in [3.05, 3.63) is 59.9 Å². The maximum Gasteiger partial charge on any atom is 0.387 e. The Kier molecular flexibility index (Phi) is 4.48. The van der Waals surface area contributed by atoms with E-state index in [1.807, 2.05) is 0 Å². The fourth-order valence-corrected chi connectivity index (χ4v) is 2.54. The summed E-state index contributed by atoms with van der Waals surface area (Å²) >= 11 is 0. The standard InChI is InChI=1S/C18H11F5O2/c1-24-12-4-2-9(3-5-12)10-6-11-8-14(20)17(25-18(22)23)16(21)15(11)13(19)7-10/h2-8,18H,1H3. The van der Waals surface area contributed by atoms with E-state index in [4.69, 9.17) is 4.74 Å². The molecule has 0 atom stereocenters. The van der Waals surface area contributed by atoms with Crippen LogP contribution in [-0.2, 0) is 0 Å². The van der Waals surface area contributed by atoms with Crippen LogP contribution in [0.1, 0.15) is 0 Å².